The first-order valence-corrected chi connectivity index (χ1v) is 8.59. The Labute approximate surface area is 130 Å². The van der Waals surface area contributed by atoms with Crippen LogP contribution in [0.5, 0.6) is 0 Å². The van der Waals surface area contributed by atoms with Crippen molar-refractivity contribution >= 4 is 32.9 Å². The molecule has 0 bridgehead atoms. The predicted molar refractivity (Wildman–Crippen MR) is 92.1 cm³/mol. The maximum absolute atomic E-state index is 6.18. The molecular formula is C16H24N4S. The topological polar surface area (TPSA) is 54.2 Å². The number of nitrogens with one attached hydrogen (secondary N) is 1. The lowest BCUT2D eigenvalue weighted by Crippen LogP contribution is -2.38. The third-order valence-electron chi connectivity index (χ3n) is 4.05. The Kier molecular flexibility index (Phi) is 4.31. The molecule has 1 aliphatic heterocycles. The SMILES string of the molecule is Cc1nc2cc(NC(C)CN3CCCCC3)c(N)cc2s1. The Bertz CT molecular complexity index is 616. The molecule has 5 heteroatoms. The largest absolute Gasteiger partial charge is 0.397 e. The van der Waals surface area contributed by atoms with Crippen LogP contribution in [0.4, 0.5) is 11.4 Å². The van der Waals surface area contributed by atoms with Crippen LogP contribution in [-0.4, -0.2) is 35.6 Å². The second-order valence-corrected chi connectivity index (χ2v) is 7.28. The number of aryl methyl sites for hydroxylation is 1. The van der Waals surface area contributed by atoms with E-state index in [-0.39, 0.29) is 0 Å². The van der Waals surface area contributed by atoms with Crippen molar-refractivity contribution in [2.45, 2.75) is 39.2 Å². The summed E-state index contributed by atoms with van der Waals surface area (Å²) < 4.78 is 1.17. The van der Waals surface area contributed by atoms with Gasteiger partial charge in [-0.2, -0.15) is 0 Å². The number of nitrogens with two attached hydrogens (primary N) is 1. The zero-order chi connectivity index (χ0) is 14.8. The smallest absolute Gasteiger partial charge is 0.0907 e. The standard InChI is InChI=1S/C16H24N4S/c1-11(10-20-6-4-3-5-7-20)18-14-9-15-16(8-13(14)17)21-12(2)19-15/h8-9,11,18H,3-7,10,17H2,1-2H3. The molecule has 1 aromatic carbocycles. The fourth-order valence-electron chi connectivity index (χ4n) is 3.07. The lowest BCUT2D eigenvalue weighted by Gasteiger charge is -2.29. The van der Waals surface area contributed by atoms with Gasteiger partial charge in [-0.25, -0.2) is 4.98 Å². The van der Waals surface area contributed by atoms with Gasteiger partial charge >= 0.3 is 0 Å². The minimum Gasteiger partial charge on any atom is -0.397 e. The summed E-state index contributed by atoms with van der Waals surface area (Å²) in [4.78, 5) is 7.09. The highest BCUT2D eigenvalue weighted by atomic mass is 32.1. The normalized spacial score (nSPS) is 18.0. The molecule has 2 aromatic rings. The number of benzene rings is 1. The van der Waals surface area contributed by atoms with Crippen molar-refractivity contribution in [1.82, 2.24) is 9.88 Å². The molecule has 2 heterocycles. The van der Waals surface area contributed by atoms with Crippen LogP contribution in [0.3, 0.4) is 0 Å². The Balaban J connectivity index is 1.69. The number of fused-ring (bicyclic) bond motifs is 1. The van der Waals surface area contributed by atoms with Crippen molar-refractivity contribution in [3.8, 4) is 0 Å². The summed E-state index contributed by atoms with van der Waals surface area (Å²) in [6, 6.07) is 4.51. The summed E-state index contributed by atoms with van der Waals surface area (Å²) in [5, 5.41) is 4.64. The number of likely N-dealkylation sites (tertiary alicyclic amines) is 1. The second-order valence-electron chi connectivity index (χ2n) is 6.05. The van der Waals surface area contributed by atoms with Crippen molar-refractivity contribution in [3.63, 3.8) is 0 Å². The zero-order valence-corrected chi connectivity index (χ0v) is 13.7. The zero-order valence-electron chi connectivity index (χ0n) is 12.9. The summed E-state index contributed by atoms with van der Waals surface area (Å²) >= 11 is 1.70. The Morgan fingerprint density at radius 1 is 1.33 bits per heavy atom. The maximum atomic E-state index is 6.18. The highest BCUT2D eigenvalue weighted by Crippen LogP contribution is 2.30. The molecule has 0 amide bonds. The van der Waals surface area contributed by atoms with E-state index in [1.165, 1.54) is 37.1 Å². The number of piperidine rings is 1. The minimum atomic E-state index is 0.391. The quantitative estimate of drug-likeness (QED) is 0.849. The summed E-state index contributed by atoms with van der Waals surface area (Å²) in [7, 11) is 0. The second kappa shape index (κ2) is 6.20. The average Bonchev–Trinajstić information content (AvgIpc) is 2.79. The molecule has 1 aliphatic rings. The third-order valence-corrected chi connectivity index (χ3v) is 4.98. The van der Waals surface area contributed by atoms with Crippen LogP contribution in [0.1, 0.15) is 31.2 Å². The van der Waals surface area contributed by atoms with E-state index in [2.05, 4.69) is 28.2 Å². The van der Waals surface area contributed by atoms with E-state index in [1.54, 1.807) is 11.3 Å². The molecule has 0 radical (unpaired) electrons. The van der Waals surface area contributed by atoms with Crippen molar-refractivity contribution < 1.29 is 0 Å². The van der Waals surface area contributed by atoms with Crippen LogP contribution < -0.4 is 11.1 Å². The molecule has 4 nitrogen and oxygen atoms in total. The predicted octanol–water partition coefficient (Wildman–Crippen LogP) is 3.47. The molecule has 21 heavy (non-hydrogen) atoms. The highest BCUT2D eigenvalue weighted by Gasteiger charge is 2.14. The molecule has 0 spiro atoms. The lowest BCUT2D eigenvalue weighted by atomic mass is 10.1. The van der Waals surface area contributed by atoms with Gasteiger partial charge in [0.05, 0.1) is 26.6 Å². The summed E-state index contributed by atoms with van der Waals surface area (Å²) in [6.07, 6.45) is 4.04. The van der Waals surface area contributed by atoms with Gasteiger partial charge in [-0.3, -0.25) is 0 Å². The number of nitrogen functional groups attached to an aromatic ring is 1. The van der Waals surface area contributed by atoms with Gasteiger partial charge in [0.15, 0.2) is 0 Å². The number of nitrogens with zero attached hydrogens (tertiary/aromatic N) is 2. The number of rotatable bonds is 4. The number of hydrogen-bond acceptors (Lipinski definition) is 5. The molecule has 3 N–H and O–H groups in total. The van der Waals surface area contributed by atoms with E-state index in [1.807, 2.05) is 13.0 Å². The van der Waals surface area contributed by atoms with Crippen LogP contribution in [0, 0.1) is 6.92 Å². The van der Waals surface area contributed by atoms with Gasteiger partial charge in [-0.05, 0) is 51.9 Å². The fourth-order valence-corrected chi connectivity index (χ4v) is 3.93. The monoisotopic (exact) mass is 304 g/mol. The Morgan fingerprint density at radius 2 is 2.10 bits per heavy atom. The van der Waals surface area contributed by atoms with E-state index < -0.39 is 0 Å². The Hall–Kier alpha value is -1.33. The van der Waals surface area contributed by atoms with Gasteiger partial charge < -0.3 is 16.0 Å². The molecule has 0 aliphatic carbocycles. The molecule has 114 valence electrons. The lowest BCUT2D eigenvalue weighted by molar-refractivity contribution is 0.223. The first kappa shape index (κ1) is 14.6. The van der Waals surface area contributed by atoms with Gasteiger partial charge in [0.25, 0.3) is 0 Å². The van der Waals surface area contributed by atoms with E-state index in [0.29, 0.717) is 6.04 Å². The Morgan fingerprint density at radius 3 is 2.86 bits per heavy atom. The van der Waals surface area contributed by atoms with Gasteiger partial charge in [0.2, 0.25) is 0 Å². The van der Waals surface area contributed by atoms with Crippen LogP contribution in [-0.2, 0) is 0 Å². The maximum Gasteiger partial charge on any atom is 0.0907 e. The third kappa shape index (κ3) is 3.47. The number of thiazole rings is 1. The number of aromatic nitrogens is 1. The van der Waals surface area contributed by atoms with Crippen molar-refractivity contribution in [2.75, 3.05) is 30.7 Å². The van der Waals surface area contributed by atoms with Crippen molar-refractivity contribution in [1.29, 1.82) is 0 Å². The molecule has 1 unspecified atom stereocenters. The van der Waals surface area contributed by atoms with Gasteiger partial charge in [-0.1, -0.05) is 6.42 Å². The van der Waals surface area contributed by atoms with E-state index >= 15 is 0 Å². The molecule has 0 saturated carbocycles. The molecule has 1 saturated heterocycles. The van der Waals surface area contributed by atoms with Gasteiger partial charge in [0.1, 0.15) is 0 Å². The molecular weight excluding hydrogens is 280 g/mol. The molecule has 1 aromatic heterocycles. The van der Waals surface area contributed by atoms with Crippen LogP contribution in [0.2, 0.25) is 0 Å². The van der Waals surface area contributed by atoms with E-state index in [9.17, 15) is 0 Å². The summed E-state index contributed by atoms with van der Waals surface area (Å²) in [6.45, 7) is 7.79. The fraction of sp³-hybridized carbons (Fsp3) is 0.562. The number of anilines is 2. The minimum absolute atomic E-state index is 0.391. The van der Waals surface area contributed by atoms with Crippen molar-refractivity contribution in [2.24, 2.45) is 0 Å². The van der Waals surface area contributed by atoms with E-state index in [4.69, 9.17) is 5.73 Å². The van der Waals surface area contributed by atoms with Crippen LogP contribution in [0.15, 0.2) is 12.1 Å². The summed E-state index contributed by atoms with van der Waals surface area (Å²) in [5.41, 5.74) is 9.05. The molecule has 1 atom stereocenters. The first-order valence-electron chi connectivity index (χ1n) is 7.77. The van der Waals surface area contributed by atoms with Gasteiger partial charge in [-0.15, -0.1) is 11.3 Å². The van der Waals surface area contributed by atoms with E-state index in [0.717, 1.165) is 28.4 Å². The average molecular weight is 304 g/mol. The van der Waals surface area contributed by atoms with Gasteiger partial charge in [0, 0.05) is 12.6 Å². The first-order chi connectivity index (χ1) is 10.1. The van der Waals surface area contributed by atoms with Crippen LogP contribution in [0.25, 0.3) is 10.2 Å². The van der Waals surface area contributed by atoms with Crippen LogP contribution >= 0.6 is 11.3 Å². The molecule has 3 rings (SSSR count). The van der Waals surface area contributed by atoms with Crippen molar-refractivity contribution in [3.05, 3.63) is 17.1 Å². The highest BCUT2D eigenvalue weighted by molar-refractivity contribution is 7.18. The number of hydrogen-bond donors (Lipinski definition) is 2. The summed E-state index contributed by atoms with van der Waals surface area (Å²) in [5.74, 6) is 0. The molecule has 1 fully saturated rings.